The van der Waals surface area contributed by atoms with Gasteiger partial charge in [0, 0.05) is 23.0 Å². The number of carboxylic acids is 1. The lowest BCUT2D eigenvalue weighted by molar-refractivity contribution is -0.140. The fourth-order valence-electron chi connectivity index (χ4n) is 1.42. The Kier molecular flexibility index (Phi) is 5.15. The van der Waals surface area contributed by atoms with Crippen molar-refractivity contribution in [1.29, 1.82) is 0 Å². The zero-order valence-electron chi connectivity index (χ0n) is 9.76. The van der Waals surface area contributed by atoms with Gasteiger partial charge in [0.2, 0.25) is 0 Å². The van der Waals surface area contributed by atoms with E-state index in [9.17, 15) is 13.2 Å². The quantitative estimate of drug-likeness (QED) is 0.825. The van der Waals surface area contributed by atoms with E-state index in [4.69, 9.17) is 5.11 Å². The van der Waals surface area contributed by atoms with Crippen LogP contribution in [-0.2, 0) is 14.6 Å². The molecule has 0 spiro atoms. The van der Waals surface area contributed by atoms with Crippen molar-refractivity contribution in [3.63, 3.8) is 0 Å². The molecule has 0 heterocycles. The molecule has 0 saturated carbocycles. The highest BCUT2D eigenvalue weighted by molar-refractivity contribution is 9.10. The average Bonchev–Trinajstić information content (AvgIpc) is 2.22. The van der Waals surface area contributed by atoms with Crippen molar-refractivity contribution >= 4 is 37.4 Å². The molecule has 1 aromatic carbocycles. The molecular weight excluding hydrogens is 322 g/mol. The van der Waals surface area contributed by atoms with Crippen LogP contribution in [0.2, 0.25) is 0 Å². The minimum absolute atomic E-state index is 0.0683. The molecule has 0 aliphatic heterocycles. The van der Waals surface area contributed by atoms with Crippen LogP contribution in [0, 0.1) is 5.92 Å². The Bertz CT molecular complexity index is 530. The molecular formula is C11H14BrNO4S. The maximum absolute atomic E-state index is 11.1. The number of aliphatic carboxylic acids is 1. The van der Waals surface area contributed by atoms with E-state index in [-0.39, 0.29) is 12.3 Å². The van der Waals surface area contributed by atoms with Gasteiger partial charge < -0.3 is 10.4 Å². The Labute approximate surface area is 114 Å². The Hall–Kier alpha value is -1.08. The minimum atomic E-state index is -3.31. The lowest BCUT2D eigenvalue weighted by Crippen LogP contribution is -2.29. The average molecular weight is 336 g/mol. The molecule has 0 fully saturated rings. The first kappa shape index (κ1) is 15.0. The number of sulfone groups is 1. The Morgan fingerprint density at radius 1 is 1.50 bits per heavy atom. The molecule has 1 unspecified atom stereocenters. The predicted octanol–water partition coefficient (Wildman–Crippen LogP) is 1.61. The number of hydrogen-bond donors (Lipinski definition) is 2. The summed E-state index contributed by atoms with van der Waals surface area (Å²) in [5, 5.41) is 11.9. The lowest BCUT2D eigenvalue weighted by atomic mass is 10.2. The summed E-state index contributed by atoms with van der Waals surface area (Å²) in [4.78, 5) is 11.0. The number of benzene rings is 1. The van der Waals surface area contributed by atoms with Crippen molar-refractivity contribution in [1.82, 2.24) is 0 Å². The van der Waals surface area contributed by atoms with Gasteiger partial charge in [0.25, 0.3) is 0 Å². The molecule has 0 aromatic heterocycles. The summed E-state index contributed by atoms with van der Waals surface area (Å²) >= 11 is 3.29. The van der Waals surface area contributed by atoms with Crippen molar-refractivity contribution in [2.75, 3.05) is 23.9 Å². The van der Waals surface area contributed by atoms with Gasteiger partial charge in [-0.2, -0.15) is 0 Å². The largest absolute Gasteiger partial charge is 0.481 e. The molecule has 0 bridgehead atoms. The third-order valence-electron chi connectivity index (χ3n) is 2.23. The normalized spacial score (nSPS) is 13.0. The second-order valence-electron chi connectivity index (χ2n) is 4.02. The second kappa shape index (κ2) is 6.19. The summed E-state index contributed by atoms with van der Waals surface area (Å²) < 4.78 is 23.1. The van der Waals surface area contributed by atoms with Crippen LogP contribution < -0.4 is 5.32 Å². The highest BCUT2D eigenvalue weighted by Crippen LogP contribution is 2.16. The van der Waals surface area contributed by atoms with E-state index in [1.54, 1.807) is 18.2 Å². The van der Waals surface area contributed by atoms with Gasteiger partial charge in [-0.05, 0) is 18.2 Å². The van der Waals surface area contributed by atoms with Gasteiger partial charge >= 0.3 is 5.97 Å². The molecule has 1 rings (SSSR count). The standard InChI is InChI=1S/C11H14BrNO4S/c1-18(16,17)7-8(11(14)15)6-13-10-4-2-3-9(12)5-10/h2-5,8,13H,6-7H2,1H3,(H,14,15). The Morgan fingerprint density at radius 3 is 2.67 bits per heavy atom. The Morgan fingerprint density at radius 2 is 2.17 bits per heavy atom. The SMILES string of the molecule is CS(=O)(=O)CC(CNc1cccc(Br)c1)C(=O)O. The van der Waals surface area contributed by atoms with Crippen molar-refractivity contribution in [2.45, 2.75) is 0 Å². The molecule has 0 saturated heterocycles. The third-order valence-corrected chi connectivity index (χ3v) is 3.73. The molecule has 5 nitrogen and oxygen atoms in total. The van der Waals surface area contributed by atoms with E-state index in [2.05, 4.69) is 21.2 Å². The van der Waals surface area contributed by atoms with E-state index >= 15 is 0 Å². The Balaban J connectivity index is 2.66. The summed E-state index contributed by atoms with van der Waals surface area (Å²) in [6, 6.07) is 7.22. The van der Waals surface area contributed by atoms with Crippen molar-refractivity contribution < 1.29 is 18.3 Å². The van der Waals surface area contributed by atoms with Crippen LogP contribution in [0.3, 0.4) is 0 Å². The van der Waals surface area contributed by atoms with Gasteiger partial charge in [0.1, 0.15) is 9.84 Å². The molecule has 1 atom stereocenters. The first-order valence-electron chi connectivity index (χ1n) is 5.18. The number of hydrogen-bond acceptors (Lipinski definition) is 4. The number of halogens is 1. The smallest absolute Gasteiger partial charge is 0.309 e. The van der Waals surface area contributed by atoms with Crippen molar-refractivity contribution in [2.24, 2.45) is 5.92 Å². The number of nitrogens with one attached hydrogen (secondary N) is 1. The summed E-state index contributed by atoms with van der Waals surface area (Å²) in [6.45, 7) is 0.0683. The molecule has 100 valence electrons. The van der Waals surface area contributed by atoms with E-state index < -0.39 is 21.7 Å². The zero-order valence-corrected chi connectivity index (χ0v) is 12.2. The van der Waals surface area contributed by atoms with Gasteiger partial charge in [-0.1, -0.05) is 22.0 Å². The predicted molar refractivity (Wildman–Crippen MR) is 73.5 cm³/mol. The monoisotopic (exact) mass is 335 g/mol. The molecule has 0 aliphatic carbocycles. The maximum atomic E-state index is 11.1. The van der Waals surface area contributed by atoms with Crippen molar-refractivity contribution in [3.8, 4) is 0 Å². The van der Waals surface area contributed by atoms with Crippen LogP contribution in [0.5, 0.6) is 0 Å². The van der Waals surface area contributed by atoms with E-state index in [1.165, 1.54) is 0 Å². The topological polar surface area (TPSA) is 83.5 Å². The van der Waals surface area contributed by atoms with Crippen LogP contribution in [0.15, 0.2) is 28.7 Å². The van der Waals surface area contributed by atoms with Crippen molar-refractivity contribution in [3.05, 3.63) is 28.7 Å². The van der Waals surface area contributed by atoms with Crippen LogP contribution in [0.4, 0.5) is 5.69 Å². The zero-order chi connectivity index (χ0) is 13.8. The number of carboxylic acid groups (broad SMARTS) is 1. The summed E-state index contributed by atoms with van der Waals surface area (Å²) in [6.07, 6.45) is 1.03. The second-order valence-corrected chi connectivity index (χ2v) is 7.12. The number of anilines is 1. The molecule has 0 radical (unpaired) electrons. The highest BCUT2D eigenvalue weighted by Gasteiger charge is 2.22. The van der Waals surface area contributed by atoms with Gasteiger partial charge in [0.15, 0.2) is 0 Å². The molecule has 0 amide bonds. The molecule has 18 heavy (non-hydrogen) atoms. The van der Waals surface area contributed by atoms with E-state index in [0.29, 0.717) is 0 Å². The van der Waals surface area contributed by atoms with Crippen LogP contribution in [0.1, 0.15) is 0 Å². The molecule has 7 heteroatoms. The highest BCUT2D eigenvalue weighted by atomic mass is 79.9. The van der Waals surface area contributed by atoms with Gasteiger partial charge in [-0.25, -0.2) is 8.42 Å². The molecule has 2 N–H and O–H groups in total. The van der Waals surface area contributed by atoms with E-state index in [0.717, 1.165) is 16.4 Å². The van der Waals surface area contributed by atoms with Gasteiger partial charge in [-0.3, -0.25) is 4.79 Å². The summed E-state index contributed by atoms with van der Waals surface area (Å²) in [7, 11) is -3.31. The fraction of sp³-hybridized carbons (Fsp3) is 0.364. The van der Waals surface area contributed by atoms with Crippen LogP contribution in [0.25, 0.3) is 0 Å². The first-order chi connectivity index (χ1) is 8.28. The molecule has 1 aromatic rings. The summed E-state index contributed by atoms with van der Waals surface area (Å²) in [5.41, 5.74) is 0.740. The summed E-state index contributed by atoms with van der Waals surface area (Å²) in [5.74, 6) is -2.45. The third kappa shape index (κ3) is 5.50. The van der Waals surface area contributed by atoms with Gasteiger partial charge in [-0.15, -0.1) is 0 Å². The fourth-order valence-corrected chi connectivity index (χ4v) is 2.81. The van der Waals surface area contributed by atoms with Crippen LogP contribution >= 0.6 is 15.9 Å². The first-order valence-corrected chi connectivity index (χ1v) is 8.03. The minimum Gasteiger partial charge on any atom is -0.481 e. The van der Waals surface area contributed by atoms with Crippen LogP contribution in [-0.4, -0.2) is 38.0 Å². The lowest BCUT2D eigenvalue weighted by Gasteiger charge is -2.13. The maximum Gasteiger partial charge on any atom is 0.309 e. The molecule has 0 aliphatic rings. The van der Waals surface area contributed by atoms with E-state index in [1.807, 2.05) is 6.07 Å². The number of carbonyl (C=O) groups is 1. The number of rotatable bonds is 6. The van der Waals surface area contributed by atoms with Gasteiger partial charge in [0.05, 0.1) is 11.7 Å².